The molecule has 386 valence electrons. The summed E-state index contributed by atoms with van der Waals surface area (Å²) in [5, 5.41) is 0. The first-order valence-corrected chi connectivity index (χ1v) is 29.0. The molecule has 6 nitrogen and oxygen atoms in total. The predicted octanol–water partition coefficient (Wildman–Crippen LogP) is 19.3. The van der Waals surface area contributed by atoms with Crippen LogP contribution in [-0.4, -0.2) is 37.2 Å². The molecule has 0 heterocycles. The molecular weight excluding hydrogens is 817 g/mol. The molecule has 0 amide bonds. The quantitative estimate of drug-likeness (QED) is 0.0262. The van der Waals surface area contributed by atoms with Gasteiger partial charge in [-0.3, -0.25) is 14.4 Å². The molecule has 6 heteroatoms. The monoisotopic (exact) mass is 927 g/mol. The van der Waals surface area contributed by atoms with Gasteiger partial charge in [0.25, 0.3) is 0 Å². The second-order valence-corrected chi connectivity index (χ2v) is 19.6. The van der Waals surface area contributed by atoms with E-state index in [9.17, 15) is 14.4 Å². The van der Waals surface area contributed by atoms with Gasteiger partial charge in [0.2, 0.25) is 0 Å². The number of unbranched alkanes of at least 4 members (excludes halogenated alkanes) is 36. The van der Waals surface area contributed by atoms with Crippen LogP contribution in [0.15, 0.2) is 36.5 Å². The molecule has 0 N–H and O–H groups in total. The van der Waals surface area contributed by atoms with Crippen LogP contribution < -0.4 is 0 Å². The van der Waals surface area contributed by atoms with Crippen LogP contribution in [0.3, 0.4) is 0 Å². The lowest BCUT2D eigenvalue weighted by molar-refractivity contribution is -0.167. The van der Waals surface area contributed by atoms with E-state index in [-0.39, 0.29) is 31.1 Å². The SMILES string of the molecule is CCCC/C=C\C/C=C\CCCCCCCC(=O)OCC(COC(=O)CCCCCCCCCCCCCCCCCCCCC)OC(=O)CCCCCCC/C=C\CCCCCCCC. The van der Waals surface area contributed by atoms with Crippen LogP contribution in [0.1, 0.15) is 310 Å². The van der Waals surface area contributed by atoms with Crippen molar-refractivity contribution < 1.29 is 28.6 Å². The fraction of sp³-hybridized carbons (Fsp3) is 0.850. The zero-order valence-corrected chi connectivity index (χ0v) is 44.2. The lowest BCUT2D eigenvalue weighted by Gasteiger charge is -2.18. The molecule has 0 bridgehead atoms. The summed E-state index contributed by atoms with van der Waals surface area (Å²) < 4.78 is 16.9. The lowest BCUT2D eigenvalue weighted by atomic mass is 10.0. The molecule has 0 spiro atoms. The molecule has 0 saturated carbocycles. The minimum Gasteiger partial charge on any atom is -0.462 e. The highest BCUT2D eigenvalue weighted by Gasteiger charge is 2.19. The average molecular weight is 928 g/mol. The molecule has 0 aliphatic rings. The van der Waals surface area contributed by atoms with Crippen LogP contribution >= 0.6 is 0 Å². The number of hydrogen-bond donors (Lipinski definition) is 0. The van der Waals surface area contributed by atoms with Crippen LogP contribution in [0.2, 0.25) is 0 Å². The predicted molar refractivity (Wildman–Crippen MR) is 284 cm³/mol. The Balaban J connectivity index is 4.34. The van der Waals surface area contributed by atoms with E-state index in [0.717, 1.165) is 83.5 Å². The Bertz CT molecular complexity index is 1110. The van der Waals surface area contributed by atoms with Crippen LogP contribution in [0.5, 0.6) is 0 Å². The van der Waals surface area contributed by atoms with E-state index in [1.807, 2.05) is 0 Å². The maximum absolute atomic E-state index is 12.8. The van der Waals surface area contributed by atoms with E-state index in [1.54, 1.807) is 0 Å². The molecule has 0 radical (unpaired) electrons. The van der Waals surface area contributed by atoms with Crippen LogP contribution in [0, 0.1) is 0 Å². The first kappa shape index (κ1) is 63.6. The van der Waals surface area contributed by atoms with Crippen molar-refractivity contribution in [1.82, 2.24) is 0 Å². The molecular formula is C60H110O6. The second-order valence-electron chi connectivity index (χ2n) is 19.6. The van der Waals surface area contributed by atoms with E-state index in [2.05, 4.69) is 57.2 Å². The van der Waals surface area contributed by atoms with Gasteiger partial charge in [0.1, 0.15) is 13.2 Å². The molecule has 0 aliphatic carbocycles. The number of carbonyl (C=O) groups is 3. The third-order valence-electron chi connectivity index (χ3n) is 12.9. The van der Waals surface area contributed by atoms with Crippen molar-refractivity contribution in [1.29, 1.82) is 0 Å². The third kappa shape index (κ3) is 52.6. The van der Waals surface area contributed by atoms with Crippen LogP contribution in [-0.2, 0) is 28.6 Å². The topological polar surface area (TPSA) is 78.9 Å². The summed E-state index contributed by atoms with van der Waals surface area (Å²) in [6.45, 7) is 6.62. The van der Waals surface area contributed by atoms with E-state index in [0.29, 0.717) is 19.3 Å². The van der Waals surface area contributed by atoms with Crippen molar-refractivity contribution in [3.8, 4) is 0 Å². The molecule has 1 unspecified atom stereocenters. The van der Waals surface area contributed by atoms with Crippen molar-refractivity contribution in [3.63, 3.8) is 0 Å². The van der Waals surface area contributed by atoms with Gasteiger partial charge < -0.3 is 14.2 Å². The third-order valence-corrected chi connectivity index (χ3v) is 12.9. The fourth-order valence-corrected chi connectivity index (χ4v) is 8.46. The Morgan fingerprint density at radius 2 is 0.561 bits per heavy atom. The maximum Gasteiger partial charge on any atom is 0.306 e. The highest BCUT2D eigenvalue weighted by Crippen LogP contribution is 2.16. The van der Waals surface area contributed by atoms with Gasteiger partial charge in [0.05, 0.1) is 0 Å². The van der Waals surface area contributed by atoms with Crippen LogP contribution in [0.4, 0.5) is 0 Å². The minimum atomic E-state index is -0.779. The van der Waals surface area contributed by atoms with Crippen molar-refractivity contribution >= 4 is 17.9 Å². The summed E-state index contributed by atoms with van der Waals surface area (Å²) in [6.07, 6.45) is 65.6. The van der Waals surface area contributed by atoms with Gasteiger partial charge in [-0.05, 0) is 70.6 Å². The maximum atomic E-state index is 12.8. The Labute approximate surface area is 410 Å². The molecule has 1 atom stereocenters. The average Bonchev–Trinajstić information content (AvgIpc) is 3.31. The standard InChI is InChI=1S/C60H110O6/c1-4-7-10-13-16-19-22-25-28-29-30-31-33-35-38-41-44-47-50-53-59(62)65-56-57(55-64-58(61)52-49-46-43-40-37-34-27-24-21-18-15-12-9-6-3)66-60(63)54-51-48-45-42-39-36-32-26-23-20-17-14-11-8-5-2/h15,18,24,26-27,32,57H,4-14,16-17,19-23,25,28-31,33-56H2,1-3H3/b18-15-,27-24-,32-26-. The molecule has 0 aromatic rings. The van der Waals surface area contributed by atoms with Crippen molar-refractivity contribution in [3.05, 3.63) is 36.5 Å². The summed E-state index contributed by atoms with van der Waals surface area (Å²) in [4.78, 5) is 38.1. The minimum absolute atomic E-state index is 0.0764. The number of ether oxygens (including phenoxy) is 3. The Morgan fingerprint density at radius 3 is 0.894 bits per heavy atom. The van der Waals surface area contributed by atoms with E-state index < -0.39 is 6.10 Å². The van der Waals surface area contributed by atoms with E-state index in [1.165, 1.54) is 186 Å². The molecule has 0 aliphatic heterocycles. The summed E-state index contributed by atoms with van der Waals surface area (Å²) in [6, 6.07) is 0. The number of allylic oxidation sites excluding steroid dienone is 6. The molecule has 0 aromatic heterocycles. The zero-order valence-electron chi connectivity index (χ0n) is 44.2. The molecule has 66 heavy (non-hydrogen) atoms. The summed E-state index contributed by atoms with van der Waals surface area (Å²) >= 11 is 0. The fourth-order valence-electron chi connectivity index (χ4n) is 8.46. The molecule has 0 fully saturated rings. The van der Waals surface area contributed by atoms with Gasteiger partial charge in [-0.1, -0.05) is 256 Å². The second kappa shape index (κ2) is 55.2. The first-order valence-electron chi connectivity index (χ1n) is 29.0. The molecule has 0 rings (SSSR count). The van der Waals surface area contributed by atoms with Gasteiger partial charge >= 0.3 is 17.9 Å². The van der Waals surface area contributed by atoms with Crippen LogP contribution in [0.25, 0.3) is 0 Å². The zero-order chi connectivity index (χ0) is 47.9. The van der Waals surface area contributed by atoms with Gasteiger partial charge in [-0.2, -0.15) is 0 Å². The largest absolute Gasteiger partial charge is 0.462 e. The van der Waals surface area contributed by atoms with Crippen molar-refractivity contribution in [2.45, 2.75) is 316 Å². The normalized spacial score (nSPS) is 12.2. The number of rotatable bonds is 53. The number of carbonyl (C=O) groups excluding carboxylic acids is 3. The van der Waals surface area contributed by atoms with E-state index in [4.69, 9.17) is 14.2 Å². The van der Waals surface area contributed by atoms with Crippen molar-refractivity contribution in [2.75, 3.05) is 13.2 Å². The van der Waals surface area contributed by atoms with Gasteiger partial charge in [0, 0.05) is 19.3 Å². The lowest BCUT2D eigenvalue weighted by Crippen LogP contribution is -2.30. The molecule has 0 aromatic carbocycles. The Hall–Kier alpha value is -2.37. The number of hydrogen-bond acceptors (Lipinski definition) is 6. The van der Waals surface area contributed by atoms with Crippen molar-refractivity contribution in [2.24, 2.45) is 0 Å². The molecule has 0 saturated heterocycles. The first-order chi connectivity index (χ1) is 32.5. The Kier molecular flexibility index (Phi) is 53.2. The van der Waals surface area contributed by atoms with Gasteiger partial charge in [-0.25, -0.2) is 0 Å². The highest BCUT2D eigenvalue weighted by atomic mass is 16.6. The van der Waals surface area contributed by atoms with E-state index >= 15 is 0 Å². The number of esters is 3. The summed E-state index contributed by atoms with van der Waals surface area (Å²) in [7, 11) is 0. The summed E-state index contributed by atoms with van der Waals surface area (Å²) in [5.74, 6) is -0.883. The Morgan fingerprint density at radius 1 is 0.303 bits per heavy atom. The smallest absolute Gasteiger partial charge is 0.306 e. The highest BCUT2D eigenvalue weighted by molar-refractivity contribution is 5.71. The summed E-state index contributed by atoms with van der Waals surface area (Å²) in [5.41, 5.74) is 0. The van der Waals surface area contributed by atoms with Gasteiger partial charge in [-0.15, -0.1) is 0 Å². The van der Waals surface area contributed by atoms with Gasteiger partial charge in [0.15, 0.2) is 6.10 Å².